The second-order valence-corrected chi connectivity index (χ2v) is 5.64. The third kappa shape index (κ3) is 3.87. The van der Waals surface area contributed by atoms with Crippen LogP contribution >= 0.6 is 0 Å². The van der Waals surface area contributed by atoms with E-state index in [1.165, 1.54) is 24.3 Å². The number of nitrogens with one attached hydrogen (secondary N) is 1. The number of hydrogen-bond acceptors (Lipinski definition) is 3. The van der Waals surface area contributed by atoms with Gasteiger partial charge in [-0.05, 0) is 55.5 Å². The van der Waals surface area contributed by atoms with Gasteiger partial charge >= 0.3 is 0 Å². The summed E-state index contributed by atoms with van der Waals surface area (Å²) < 4.78 is 18.4. The van der Waals surface area contributed by atoms with Crippen molar-refractivity contribution in [1.82, 2.24) is 0 Å². The van der Waals surface area contributed by atoms with E-state index in [1.54, 1.807) is 0 Å². The summed E-state index contributed by atoms with van der Waals surface area (Å²) in [7, 11) is 0. The van der Waals surface area contributed by atoms with Crippen molar-refractivity contribution in [3.05, 3.63) is 59.9 Å². The molecule has 0 aromatic heterocycles. The first-order valence-electron chi connectivity index (χ1n) is 7.65. The van der Waals surface area contributed by atoms with E-state index in [-0.39, 0.29) is 17.8 Å². The number of amides is 1. The van der Waals surface area contributed by atoms with Crippen LogP contribution in [0.15, 0.2) is 48.5 Å². The van der Waals surface area contributed by atoms with E-state index in [4.69, 9.17) is 4.74 Å². The zero-order chi connectivity index (χ0) is 16.2. The number of halogens is 1. The van der Waals surface area contributed by atoms with Crippen molar-refractivity contribution in [2.75, 3.05) is 29.9 Å². The van der Waals surface area contributed by atoms with Gasteiger partial charge in [-0.2, -0.15) is 0 Å². The largest absolute Gasteiger partial charge is 0.375 e. The minimum absolute atomic E-state index is 0.224. The molecule has 23 heavy (non-hydrogen) atoms. The Bertz CT molecular complexity index is 670. The molecule has 1 unspecified atom stereocenters. The molecule has 0 bridgehead atoms. The minimum atomic E-state index is -0.356. The van der Waals surface area contributed by atoms with Crippen LogP contribution in [0.1, 0.15) is 17.3 Å². The molecule has 120 valence electrons. The molecular weight excluding hydrogens is 295 g/mol. The lowest BCUT2D eigenvalue weighted by Gasteiger charge is -2.33. The summed E-state index contributed by atoms with van der Waals surface area (Å²) in [6.45, 7) is 4.51. The molecule has 0 saturated carbocycles. The highest BCUT2D eigenvalue weighted by Crippen LogP contribution is 2.20. The Morgan fingerprint density at radius 1 is 1.17 bits per heavy atom. The summed E-state index contributed by atoms with van der Waals surface area (Å²) in [6.07, 6.45) is 0.224. The van der Waals surface area contributed by atoms with Gasteiger partial charge in [0, 0.05) is 30.0 Å². The van der Waals surface area contributed by atoms with Crippen molar-refractivity contribution in [2.24, 2.45) is 0 Å². The minimum Gasteiger partial charge on any atom is -0.375 e. The zero-order valence-electron chi connectivity index (χ0n) is 13.0. The third-order valence-corrected chi connectivity index (χ3v) is 3.84. The van der Waals surface area contributed by atoms with E-state index in [0.717, 1.165) is 25.4 Å². The van der Waals surface area contributed by atoms with Crippen LogP contribution in [0.4, 0.5) is 15.8 Å². The smallest absolute Gasteiger partial charge is 0.255 e. The van der Waals surface area contributed by atoms with E-state index in [9.17, 15) is 9.18 Å². The molecule has 1 amide bonds. The van der Waals surface area contributed by atoms with Crippen molar-refractivity contribution in [1.29, 1.82) is 0 Å². The van der Waals surface area contributed by atoms with E-state index in [1.807, 2.05) is 24.3 Å². The SMILES string of the molecule is CC1CN(c2ccc(NC(=O)c3ccc(F)cc3)cc2)CCO1. The van der Waals surface area contributed by atoms with Crippen molar-refractivity contribution in [2.45, 2.75) is 13.0 Å². The predicted molar refractivity (Wildman–Crippen MR) is 88.4 cm³/mol. The number of carbonyl (C=O) groups excluding carboxylic acids is 1. The molecule has 2 aromatic rings. The number of morpholine rings is 1. The molecule has 0 radical (unpaired) electrons. The Balaban J connectivity index is 1.65. The summed E-state index contributed by atoms with van der Waals surface area (Å²) in [6, 6.07) is 13.2. The quantitative estimate of drug-likeness (QED) is 0.945. The second-order valence-electron chi connectivity index (χ2n) is 5.64. The van der Waals surface area contributed by atoms with Crippen LogP contribution in [-0.2, 0) is 4.74 Å². The summed E-state index contributed by atoms with van der Waals surface area (Å²) in [5.74, 6) is -0.608. The summed E-state index contributed by atoms with van der Waals surface area (Å²) in [4.78, 5) is 14.4. The fourth-order valence-corrected chi connectivity index (χ4v) is 2.61. The molecule has 0 aliphatic carbocycles. The van der Waals surface area contributed by atoms with Crippen LogP contribution < -0.4 is 10.2 Å². The third-order valence-electron chi connectivity index (χ3n) is 3.84. The maximum atomic E-state index is 12.9. The van der Waals surface area contributed by atoms with Crippen LogP contribution in [0, 0.1) is 5.82 Å². The normalized spacial score (nSPS) is 17.8. The van der Waals surface area contributed by atoms with Gasteiger partial charge in [-0.1, -0.05) is 0 Å². The van der Waals surface area contributed by atoms with Crippen molar-refractivity contribution < 1.29 is 13.9 Å². The molecule has 4 nitrogen and oxygen atoms in total. The summed E-state index contributed by atoms with van der Waals surface area (Å²) >= 11 is 0. The number of nitrogens with zero attached hydrogens (tertiary/aromatic N) is 1. The molecule has 1 heterocycles. The Labute approximate surface area is 134 Å². The van der Waals surface area contributed by atoms with Crippen molar-refractivity contribution >= 4 is 17.3 Å². The monoisotopic (exact) mass is 314 g/mol. The van der Waals surface area contributed by atoms with E-state index in [2.05, 4.69) is 17.1 Å². The van der Waals surface area contributed by atoms with Gasteiger partial charge < -0.3 is 15.0 Å². The molecule has 5 heteroatoms. The predicted octanol–water partition coefficient (Wildman–Crippen LogP) is 3.30. The maximum Gasteiger partial charge on any atom is 0.255 e. The number of anilines is 2. The van der Waals surface area contributed by atoms with E-state index in [0.29, 0.717) is 11.3 Å². The number of benzene rings is 2. The standard InChI is InChI=1S/C18H19FN2O2/c1-13-12-21(10-11-23-13)17-8-6-16(7-9-17)20-18(22)14-2-4-15(19)5-3-14/h2-9,13H,10-12H2,1H3,(H,20,22). The number of carbonyl (C=O) groups is 1. The molecule has 1 aliphatic heterocycles. The second kappa shape index (κ2) is 6.79. The molecule has 1 fully saturated rings. The zero-order valence-corrected chi connectivity index (χ0v) is 13.0. The topological polar surface area (TPSA) is 41.6 Å². The maximum absolute atomic E-state index is 12.9. The summed E-state index contributed by atoms with van der Waals surface area (Å²) in [5.41, 5.74) is 2.25. The highest BCUT2D eigenvalue weighted by atomic mass is 19.1. The Morgan fingerprint density at radius 3 is 2.52 bits per heavy atom. The van der Waals surface area contributed by atoms with Gasteiger partial charge in [0.05, 0.1) is 12.7 Å². The first-order valence-corrected chi connectivity index (χ1v) is 7.65. The molecule has 2 aromatic carbocycles. The Kier molecular flexibility index (Phi) is 4.57. The van der Waals surface area contributed by atoms with Gasteiger partial charge in [-0.15, -0.1) is 0 Å². The van der Waals surface area contributed by atoms with Gasteiger partial charge in [0.1, 0.15) is 5.82 Å². The van der Waals surface area contributed by atoms with Gasteiger partial charge in [-0.3, -0.25) is 4.79 Å². The Morgan fingerprint density at radius 2 is 1.87 bits per heavy atom. The summed E-state index contributed by atoms with van der Waals surface area (Å²) in [5, 5.41) is 2.81. The fraction of sp³-hybridized carbons (Fsp3) is 0.278. The molecule has 1 saturated heterocycles. The number of ether oxygens (including phenoxy) is 1. The van der Waals surface area contributed by atoms with Gasteiger partial charge in [0.15, 0.2) is 0 Å². The van der Waals surface area contributed by atoms with Crippen LogP contribution in [0.3, 0.4) is 0 Å². The van der Waals surface area contributed by atoms with Crippen LogP contribution in [-0.4, -0.2) is 31.7 Å². The fourth-order valence-electron chi connectivity index (χ4n) is 2.61. The molecule has 1 aliphatic rings. The van der Waals surface area contributed by atoms with Gasteiger partial charge in [-0.25, -0.2) is 4.39 Å². The highest BCUT2D eigenvalue weighted by molar-refractivity contribution is 6.04. The van der Waals surface area contributed by atoms with Gasteiger partial charge in [0.2, 0.25) is 0 Å². The number of hydrogen-bond donors (Lipinski definition) is 1. The molecule has 0 spiro atoms. The van der Waals surface area contributed by atoms with E-state index >= 15 is 0 Å². The molecule has 1 atom stereocenters. The van der Waals surface area contributed by atoms with Crippen molar-refractivity contribution in [3.63, 3.8) is 0 Å². The average Bonchev–Trinajstić information content (AvgIpc) is 2.56. The lowest BCUT2D eigenvalue weighted by Crippen LogP contribution is -2.41. The molecule has 3 rings (SSSR count). The molecule has 1 N–H and O–H groups in total. The van der Waals surface area contributed by atoms with Gasteiger partial charge in [0.25, 0.3) is 5.91 Å². The Hall–Kier alpha value is -2.40. The first kappa shape index (κ1) is 15.5. The first-order chi connectivity index (χ1) is 11.1. The van der Waals surface area contributed by atoms with Crippen LogP contribution in [0.25, 0.3) is 0 Å². The average molecular weight is 314 g/mol. The lowest BCUT2D eigenvalue weighted by atomic mass is 10.2. The lowest BCUT2D eigenvalue weighted by molar-refractivity contribution is 0.0532. The number of rotatable bonds is 3. The van der Waals surface area contributed by atoms with Crippen molar-refractivity contribution in [3.8, 4) is 0 Å². The van der Waals surface area contributed by atoms with Crippen LogP contribution in [0.5, 0.6) is 0 Å². The highest BCUT2D eigenvalue weighted by Gasteiger charge is 2.16. The molecular formula is C18H19FN2O2. The van der Waals surface area contributed by atoms with E-state index < -0.39 is 0 Å². The van der Waals surface area contributed by atoms with Crippen LogP contribution in [0.2, 0.25) is 0 Å².